The number of amides is 1. The van der Waals surface area contributed by atoms with Crippen LogP contribution in [0.2, 0.25) is 0 Å². The Morgan fingerprint density at radius 2 is 1.88 bits per heavy atom. The second-order valence-corrected chi connectivity index (χ2v) is 5.72. The SMILES string of the molecule is CC(C)(C)OC(=O)NCC#Cc1ccc(C(=O)O)c(C(F)(F)F)c1. The quantitative estimate of drug-likeness (QED) is 0.808. The normalized spacial score (nSPS) is 11.2. The molecule has 0 fully saturated rings. The van der Waals surface area contributed by atoms with Gasteiger partial charge in [-0.25, -0.2) is 9.59 Å². The predicted octanol–water partition coefficient (Wildman–Crippen LogP) is 3.28. The van der Waals surface area contributed by atoms with Crippen LogP contribution < -0.4 is 5.32 Å². The van der Waals surface area contributed by atoms with Gasteiger partial charge in [0.25, 0.3) is 0 Å². The number of carbonyl (C=O) groups is 2. The lowest BCUT2D eigenvalue weighted by molar-refractivity contribution is -0.138. The molecule has 0 heterocycles. The molecule has 0 radical (unpaired) electrons. The minimum Gasteiger partial charge on any atom is -0.478 e. The molecule has 0 aliphatic heterocycles. The van der Waals surface area contributed by atoms with Crippen LogP contribution in [-0.2, 0) is 10.9 Å². The molecule has 1 aromatic rings. The molecule has 0 saturated heterocycles. The van der Waals surface area contributed by atoms with Crippen molar-refractivity contribution in [3.8, 4) is 11.8 Å². The fourth-order valence-electron chi connectivity index (χ4n) is 1.62. The second kappa shape index (κ2) is 7.25. The number of halogens is 3. The summed E-state index contributed by atoms with van der Waals surface area (Å²) in [6, 6.07) is 2.67. The monoisotopic (exact) mass is 343 g/mol. The van der Waals surface area contributed by atoms with Gasteiger partial charge in [0.15, 0.2) is 0 Å². The fraction of sp³-hybridized carbons (Fsp3) is 0.375. The van der Waals surface area contributed by atoms with Crippen molar-refractivity contribution >= 4 is 12.1 Å². The molecule has 0 aliphatic rings. The molecule has 24 heavy (non-hydrogen) atoms. The largest absolute Gasteiger partial charge is 0.478 e. The number of nitrogens with one attached hydrogen (secondary N) is 1. The Morgan fingerprint density at radius 3 is 2.38 bits per heavy atom. The molecule has 8 heteroatoms. The number of carboxylic acid groups (broad SMARTS) is 1. The van der Waals surface area contributed by atoms with Gasteiger partial charge in [0.1, 0.15) is 5.60 Å². The molecule has 0 unspecified atom stereocenters. The van der Waals surface area contributed by atoms with Crippen LogP contribution in [0.3, 0.4) is 0 Å². The van der Waals surface area contributed by atoms with Crippen molar-refractivity contribution in [2.75, 3.05) is 6.54 Å². The van der Waals surface area contributed by atoms with E-state index in [9.17, 15) is 22.8 Å². The molecule has 1 aromatic carbocycles. The van der Waals surface area contributed by atoms with Gasteiger partial charge in [-0.1, -0.05) is 11.8 Å². The minimum absolute atomic E-state index is 0.0155. The summed E-state index contributed by atoms with van der Waals surface area (Å²) in [5.41, 5.74) is -2.81. The number of benzene rings is 1. The lowest BCUT2D eigenvalue weighted by Crippen LogP contribution is -2.32. The molecule has 0 aromatic heterocycles. The third-order valence-corrected chi connectivity index (χ3v) is 2.51. The van der Waals surface area contributed by atoms with Crippen LogP contribution in [-0.4, -0.2) is 29.3 Å². The standard InChI is InChI=1S/C16H16F3NO4/c1-15(2,3)24-14(23)20-8-4-5-10-6-7-11(13(21)22)12(9-10)16(17,18)19/h6-7,9H,8H2,1-3H3,(H,20,23)(H,21,22). The zero-order valence-corrected chi connectivity index (χ0v) is 13.2. The third kappa shape index (κ3) is 6.20. The molecule has 0 saturated carbocycles. The molecular weight excluding hydrogens is 327 g/mol. The van der Waals surface area contributed by atoms with Crippen molar-refractivity contribution in [1.29, 1.82) is 0 Å². The van der Waals surface area contributed by atoms with E-state index in [4.69, 9.17) is 9.84 Å². The van der Waals surface area contributed by atoms with E-state index < -0.39 is 35.0 Å². The van der Waals surface area contributed by atoms with E-state index in [1.807, 2.05) is 0 Å². The van der Waals surface area contributed by atoms with Crippen LogP contribution in [0.4, 0.5) is 18.0 Å². The number of ether oxygens (including phenoxy) is 1. The minimum atomic E-state index is -4.81. The van der Waals surface area contributed by atoms with Gasteiger partial charge in [-0.2, -0.15) is 13.2 Å². The third-order valence-electron chi connectivity index (χ3n) is 2.51. The molecule has 130 valence electrons. The van der Waals surface area contributed by atoms with E-state index in [1.165, 1.54) is 6.07 Å². The van der Waals surface area contributed by atoms with Crippen molar-refractivity contribution in [3.63, 3.8) is 0 Å². The maximum atomic E-state index is 12.9. The van der Waals surface area contributed by atoms with Crippen molar-refractivity contribution < 1.29 is 32.6 Å². The van der Waals surface area contributed by atoms with E-state index in [1.54, 1.807) is 20.8 Å². The topological polar surface area (TPSA) is 75.6 Å². The second-order valence-electron chi connectivity index (χ2n) is 5.72. The highest BCUT2D eigenvalue weighted by Crippen LogP contribution is 2.32. The number of carboxylic acids is 1. The Kier molecular flexibility index (Phi) is 5.85. The number of carbonyl (C=O) groups excluding carboxylic acids is 1. The first kappa shape index (κ1) is 19.4. The molecule has 0 spiro atoms. The molecule has 0 bridgehead atoms. The molecule has 1 amide bonds. The van der Waals surface area contributed by atoms with Gasteiger partial charge in [0, 0.05) is 5.56 Å². The van der Waals surface area contributed by atoms with Crippen molar-refractivity contribution in [1.82, 2.24) is 5.32 Å². The lowest BCUT2D eigenvalue weighted by atomic mass is 10.0. The van der Waals surface area contributed by atoms with Crippen LogP contribution in [0.25, 0.3) is 0 Å². The van der Waals surface area contributed by atoms with Crippen LogP contribution in [0.1, 0.15) is 42.3 Å². The Hall–Kier alpha value is -2.69. The van der Waals surface area contributed by atoms with Crippen molar-refractivity contribution in [2.24, 2.45) is 0 Å². The summed E-state index contributed by atoms with van der Waals surface area (Å²) >= 11 is 0. The van der Waals surface area contributed by atoms with Gasteiger partial charge >= 0.3 is 18.2 Å². The first-order valence-electron chi connectivity index (χ1n) is 6.80. The molecule has 2 N–H and O–H groups in total. The molecule has 5 nitrogen and oxygen atoms in total. The van der Waals surface area contributed by atoms with E-state index in [2.05, 4.69) is 17.2 Å². The molecule has 0 aliphatic carbocycles. The average Bonchev–Trinajstić information content (AvgIpc) is 2.40. The maximum Gasteiger partial charge on any atom is 0.417 e. The summed E-state index contributed by atoms with van der Waals surface area (Å²) in [5, 5.41) is 11.1. The Balaban J connectivity index is 2.84. The number of hydrogen-bond acceptors (Lipinski definition) is 3. The lowest BCUT2D eigenvalue weighted by Gasteiger charge is -2.19. The van der Waals surface area contributed by atoms with Gasteiger partial charge in [0.05, 0.1) is 17.7 Å². The summed E-state index contributed by atoms with van der Waals surface area (Å²) in [7, 11) is 0. The number of aromatic carboxylic acids is 1. The Labute approximate surface area is 136 Å². The van der Waals surface area contributed by atoms with Crippen LogP contribution in [0, 0.1) is 11.8 Å². The Bertz CT molecular complexity index is 694. The van der Waals surface area contributed by atoms with Gasteiger partial charge in [-0.05, 0) is 39.0 Å². The van der Waals surface area contributed by atoms with Crippen molar-refractivity contribution in [3.05, 3.63) is 34.9 Å². The first-order valence-corrected chi connectivity index (χ1v) is 6.80. The zero-order valence-electron chi connectivity index (χ0n) is 13.2. The van der Waals surface area contributed by atoms with Crippen LogP contribution >= 0.6 is 0 Å². The fourth-order valence-corrected chi connectivity index (χ4v) is 1.62. The zero-order chi connectivity index (χ0) is 18.5. The number of alkyl carbamates (subject to hydrolysis) is 1. The van der Waals surface area contributed by atoms with E-state index in [0.29, 0.717) is 6.07 Å². The van der Waals surface area contributed by atoms with Crippen LogP contribution in [0.5, 0.6) is 0 Å². The highest BCUT2D eigenvalue weighted by atomic mass is 19.4. The predicted molar refractivity (Wildman–Crippen MR) is 79.5 cm³/mol. The highest BCUT2D eigenvalue weighted by Gasteiger charge is 2.35. The maximum absolute atomic E-state index is 12.9. The van der Waals surface area contributed by atoms with Gasteiger partial charge in [-0.15, -0.1) is 0 Å². The number of hydrogen-bond donors (Lipinski definition) is 2. The molecule has 0 atom stereocenters. The Morgan fingerprint density at radius 1 is 1.25 bits per heavy atom. The first-order chi connectivity index (χ1) is 10.9. The number of rotatable bonds is 2. The highest BCUT2D eigenvalue weighted by molar-refractivity contribution is 5.89. The van der Waals surface area contributed by atoms with Gasteiger partial charge in [0.2, 0.25) is 0 Å². The van der Waals surface area contributed by atoms with Crippen molar-refractivity contribution in [2.45, 2.75) is 32.5 Å². The van der Waals surface area contributed by atoms with E-state index in [0.717, 1.165) is 6.07 Å². The molecule has 1 rings (SSSR count). The van der Waals surface area contributed by atoms with E-state index >= 15 is 0 Å². The summed E-state index contributed by atoms with van der Waals surface area (Å²) in [5.74, 6) is 3.22. The van der Waals surface area contributed by atoms with Gasteiger partial charge in [-0.3, -0.25) is 0 Å². The van der Waals surface area contributed by atoms with Gasteiger partial charge < -0.3 is 15.2 Å². The summed E-state index contributed by atoms with van der Waals surface area (Å²) in [6.45, 7) is 4.92. The molecular formula is C16H16F3NO4. The van der Waals surface area contributed by atoms with Crippen LogP contribution in [0.15, 0.2) is 18.2 Å². The summed E-state index contributed by atoms with van der Waals surface area (Å²) in [4.78, 5) is 22.2. The summed E-state index contributed by atoms with van der Waals surface area (Å²) < 4.78 is 43.5. The number of alkyl halides is 3. The summed E-state index contributed by atoms with van der Waals surface area (Å²) in [6.07, 6.45) is -5.51. The average molecular weight is 343 g/mol. The van der Waals surface area contributed by atoms with E-state index in [-0.39, 0.29) is 12.1 Å². The smallest absolute Gasteiger partial charge is 0.417 e.